The van der Waals surface area contributed by atoms with E-state index in [9.17, 15) is 14.7 Å². The number of carbonyl (C=O) groups excluding carboxylic acids is 1. The molecular weight excluding hydrogens is 525 g/mol. The van der Waals surface area contributed by atoms with E-state index in [4.69, 9.17) is 14.6 Å². The van der Waals surface area contributed by atoms with Gasteiger partial charge in [0, 0.05) is 27.2 Å². The largest absolute Gasteiger partial charge is 0.508 e. The molecule has 166 valence electrons. The molecule has 1 amide bonds. The number of aliphatic carboxylic acids is 1. The Bertz CT molecular complexity index is 1140. The fourth-order valence-corrected chi connectivity index (χ4v) is 3.78. The van der Waals surface area contributed by atoms with Crippen molar-refractivity contribution in [3.8, 4) is 5.75 Å². The summed E-state index contributed by atoms with van der Waals surface area (Å²) in [6, 6.07) is 17.9. The van der Waals surface area contributed by atoms with Crippen molar-refractivity contribution in [2.24, 2.45) is 0 Å². The first-order chi connectivity index (χ1) is 15.4. The summed E-state index contributed by atoms with van der Waals surface area (Å²) in [5, 5.41) is 24.0. The van der Waals surface area contributed by atoms with Crippen molar-refractivity contribution in [1.82, 2.24) is 0 Å². The van der Waals surface area contributed by atoms with Crippen LogP contribution in [-0.2, 0) is 14.3 Å². The van der Waals surface area contributed by atoms with Crippen LogP contribution >= 0.6 is 22.6 Å². The lowest BCUT2D eigenvalue weighted by Crippen LogP contribution is -2.28. The van der Waals surface area contributed by atoms with E-state index in [1.807, 2.05) is 36.4 Å². The Morgan fingerprint density at radius 1 is 1.12 bits per heavy atom. The Labute approximate surface area is 198 Å². The molecule has 0 saturated heterocycles. The molecule has 0 unspecified atom stereocenters. The van der Waals surface area contributed by atoms with Gasteiger partial charge in [0.1, 0.15) is 11.9 Å². The second-order valence-corrected chi connectivity index (χ2v) is 8.04. The third kappa shape index (κ3) is 5.98. The van der Waals surface area contributed by atoms with Crippen molar-refractivity contribution in [2.45, 2.75) is 19.1 Å². The van der Waals surface area contributed by atoms with Gasteiger partial charge in [0.2, 0.25) is 0 Å². The highest BCUT2D eigenvalue weighted by molar-refractivity contribution is 14.1. The van der Waals surface area contributed by atoms with Crippen molar-refractivity contribution in [1.29, 1.82) is 0 Å². The number of anilines is 1. The number of hydrogen-bond donors (Lipinski definition) is 3. The van der Waals surface area contributed by atoms with E-state index < -0.39 is 24.3 Å². The van der Waals surface area contributed by atoms with Crippen molar-refractivity contribution < 1.29 is 29.3 Å². The zero-order valence-electron chi connectivity index (χ0n) is 17.2. The van der Waals surface area contributed by atoms with Crippen LogP contribution in [0.25, 0.3) is 10.8 Å². The number of carboxylic acids is 1. The van der Waals surface area contributed by atoms with Gasteiger partial charge in [-0.05, 0) is 65.2 Å². The van der Waals surface area contributed by atoms with Gasteiger partial charge in [0.15, 0.2) is 6.10 Å². The van der Waals surface area contributed by atoms with E-state index in [0.29, 0.717) is 11.3 Å². The predicted molar refractivity (Wildman–Crippen MR) is 130 cm³/mol. The van der Waals surface area contributed by atoms with Gasteiger partial charge >= 0.3 is 12.1 Å². The Morgan fingerprint density at radius 3 is 2.62 bits per heavy atom. The van der Waals surface area contributed by atoms with Crippen LogP contribution in [-0.4, -0.2) is 35.0 Å². The maximum atomic E-state index is 12.9. The number of carboxylic acid groups (broad SMARTS) is 1. The SMILES string of the molecule is CCO[C@@H](/C=C/C(=O)O)[C@@H](OC(=O)Nc1cccc2ccccc12)c1cc(I)ccc1O. The van der Waals surface area contributed by atoms with Crippen LogP contribution in [0, 0.1) is 3.57 Å². The number of nitrogens with one attached hydrogen (secondary N) is 1. The van der Waals surface area contributed by atoms with E-state index in [2.05, 4.69) is 27.9 Å². The first-order valence-electron chi connectivity index (χ1n) is 9.85. The average Bonchev–Trinajstić information content (AvgIpc) is 2.77. The number of aromatic hydroxyl groups is 1. The molecule has 3 aromatic carbocycles. The minimum absolute atomic E-state index is 0.0956. The van der Waals surface area contributed by atoms with Gasteiger partial charge in [-0.2, -0.15) is 0 Å². The molecule has 0 aliphatic heterocycles. The molecule has 32 heavy (non-hydrogen) atoms. The number of hydrogen-bond acceptors (Lipinski definition) is 5. The molecule has 7 nitrogen and oxygen atoms in total. The highest BCUT2D eigenvalue weighted by Gasteiger charge is 2.29. The maximum Gasteiger partial charge on any atom is 0.412 e. The molecule has 3 aromatic rings. The summed E-state index contributed by atoms with van der Waals surface area (Å²) in [7, 11) is 0. The van der Waals surface area contributed by atoms with Crippen molar-refractivity contribution in [2.75, 3.05) is 11.9 Å². The van der Waals surface area contributed by atoms with Crippen LogP contribution in [0.3, 0.4) is 0 Å². The molecule has 0 bridgehead atoms. The minimum atomic E-state index is -1.17. The Hall–Kier alpha value is -3.11. The molecule has 0 aliphatic rings. The third-order valence-electron chi connectivity index (χ3n) is 4.64. The summed E-state index contributed by atoms with van der Waals surface area (Å²) in [5.41, 5.74) is 0.867. The second-order valence-electron chi connectivity index (χ2n) is 6.80. The van der Waals surface area contributed by atoms with Crippen LogP contribution in [0.2, 0.25) is 0 Å². The summed E-state index contributed by atoms with van der Waals surface area (Å²) in [6.45, 7) is 1.98. The number of phenolic OH excluding ortho intramolecular Hbond substituents is 1. The van der Waals surface area contributed by atoms with Gasteiger partial charge < -0.3 is 19.7 Å². The van der Waals surface area contributed by atoms with Gasteiger partial charge in [0.05, 0.1) is 5.69 Å². The predicted octanol–water partition coefficient (Wildman–Crippen LogP) is 5.49. The minimum Gasteiger partial charge on any atom is -0.508 e. The van der Waals surface area contributed by atoms with E-state index in [0.717, 1.165) is 20.4 Å². The molecule has 0 aliphatic carbocycles. The summed E-state index contributed by atoms with van der Waals surface area (Å²) in [5.74, 6) is -1.26. The van der Waals surface area contributed by atoms with Crippen molar-refractivity contribution in [3.05, 3.63) is 81.9 Å². The lowest BCUT2D eigenvalue weighted by Gasteiger charge is -2.26. The van der Waals surface area contributed by atoms with E-state index in [-0.39, 0.29) is 12.4 Å². The van der Waals surface area contributed by atoms with E-state index >= 15 is 0 Å². The van der Waals surface area contributed by atoms with Crippen LogP contribution in [0.4, 0.5) is 10.5 Å². The molecular formula is C24H22INO6. The lowest BCUT2D eigenvalue weighted by molar-refractivity contribution is -0.131. The lowest BCUT2D eigenvalue weighted by atomic mass is 10.0. The molecule has 3 N–H and O–H groups in total. The van der Waals surface area contributed by atoms with Crippen LogP contribution in [0.15, 0.2) is 72.8 Å². The van der Waals surface area contributed by atoms with Gasteiger partial charge in [0.25, 0.3) is 0 Å². The smallest absolute Gasteiger partial charge is 0.412 e. The van der Waals surface area contributed by atoms with Crippen molar-refractivity contribution >= 4 is 51.1 Å². The van der Waals surface area contributed by atoms with Gasteiger partial charge in [-0.15, -0.1) is 0 Å². The topological polar surface area (TPSA) is 105 Å². The monoisotopic (exact) mass is 547 g/mol. The molecule has 0 saturated carbocycles. The molecule has 0 aromatic heterocycles. The summed E-state index contributed by atoms with van der Waals surface area (Å²) in [6.07, 6.45) is -0.572. The summed E-state index contributed by atoms with van der Waals surface area (Å²) < 4.78 is 12.1. The normalized spacial score (nSPS) is 13.1. The van der Waals surface area contributed by atoms with Crippen LogP contribution in [0.1, 0.15) is 18.6 Å². The summed E-state index contributed by atoms with van der Waals surface area (Å²) in [4.78, 5) is 23.9. The zero-order valence-corrected chi connectivity index (χ0v) is 19.4. The Balaban J connectivity index is 1.94. The number of benzene rings is 3. The number of halogens is 1. The van der Waals surface area contributed by atoms with E-state index in [1.54, 1.807) is 25.1 Å². The number of ether oxygens (including phenoxy) is 2. The molecule has 2 atom stereocenters. The van der Waals surface area contributed by atoms with E-state index in [1.165, 1.54) is 12.1 Å². The zero-order chi connectivity index (χ0) is 23.1. The first kappa shape index (κ1) is 23.6. The Kier molecular flexibility index (Phi) is 8.07. The number of carbonyl (C=O) groups is 2. The van der Waals surface area contributed by atoms with Crippen LogP contribution in [0.5, 0.6) is 5.75 Å². The highest BCUT2D eigenvalue weighted by atomic mass is 127. The molecule has 0 heterocycles. The Morgan fingerprint density at radius 2 is 1.88 bits per heavy atom. The number of phenols is 1. The standard InChI is InChI=1S/C24H22INO6/c1-2-31-21(12-13-22(28)29)23(18-14-16(25)10-11-20(18)27)32-24(30)26-19-9-5-7-15-6-3-4-8-17(15)19/h3-14,21,23,27H,2H2,1H3,(H,26,30)(H,28,29)/b13-12+/t21-,23-/m0/s1. The molecule has 0 spiro atoms. The van der Waals surface area contributed by atoms with Gasteiger partial charge in [-0.25, -0.2) is 9.59 Å². The van der Waals surface area contributed by atoms with Gasteiger partial charge in [-0.3, -0.25) is 5.32 Å². The highest BCUT2D eigenvalue weighted by Crippen LogP contribution is 2.33. The quantitative estimate of drug-likeness (QED) is 0.255. The fraction of sp³-hybridized carbons (Fsp3) is 0.167. The molecule has 0 radical (unpaired) electrons. The number of rotatable bonds is 8. The molecule has 0 fully saturated rings. The third-order valence-corrected chi connectivity index (χ3v) is 5.31. The number of fused-ring (bicyclic) bond motifs is 1. The second kappa shape index (κ2) is 11.0. The first-order valence-corrected chi connectivity index (χ1v) is 10.9. The van der Waals surface area contributed by atoms with Gasteiger partial charge in [-0.1, -0.05) is 36.4 Å². The number of amides is 1. The maximum absolute atomic E-state index is 12.9. The molecule has 8 heteroatoms. The fourth-order valence-electron chi connectivity index (χ4n) is 3.26. The average molecular weight is 547 g/mol. The van der Waals surface area contributed by atoms with Crippen molar-refractivity contribution in [3.63, 3.8) is 0 Å². The molecule has 3 rings (SSSR count). The van der Waals surface area contributed by atoms with Crippen LogP contribution < -0.4 is 5.32 Å². The summed E-state index contributed by atoms with van der Waals surface area (Å²) >= 11 is 2.07.